The Morgan fingerprint density at radius 1 is 0.609 bits per heavy atom. The molecule has 0 atom stereocenters. The van der Waals surface area contributed by atoms with Gasteiger partial charge in [0.25, 0.3) is 0 Å². The Labute approximate surface area is 133 Å². The quantitative estimate of drug-likeness (QED) is 0.566. The highest BCUT2D eigenvalue weighted by Crippen LogP contribution is 2.31. The summed E-state index contributed by atoms with van der Waals surface area (Å²) in [6.07, 6.45) is 3.31. The van der Waals surface area contributed by atoms with Gasteiger partial charge in [-0.3, -0.25) is 9.97 Å². The molecule has 4 aromatic rings. The molecule has 0 aliphatic rings. The van der Waals surface area contributed by atoms with E-state index in [9.17, 15) is 8.42 Å². The molecule has 4 nitrogen and oxygen atoms in total. The minimum Gasteiger partial charge on any atom is -0.256 e. The lowest BCUT2D eigenvalue weighted by molar-refractivity contribution is 0.598. The SMILES string of the molecule is O=S(=O)(c1cccc2ncccc12)c1cccc2ncccc12. The van der Waals surface area contributed by atoms with Crippen LogP contribution in [0.15, 0.2) is 82.8 Å². The molecular weight excluding hydrogens is 308 g/mol. The van der Waals surface area contributed by atoms with Crippen LogP contribution in [0.3, 0.4) is 0 Å². The molecular formula is C18H12N2O2S. The summed E-state index contributed by atoms with van der Waals surface area (Å²) < 4.78 is 26.4. The van der Waals surface area contributed by atoms with E-state index < -0.39 is 9.84 Å². The minimum atomic E-state index is -3.67. The minimum absolute atomic E-state index is 0.263. The Morgan fingerprint density at radius 2 is 1.09 bits per heavy atom. The van der Waals surface area contributed by atoms with Gasteiger partial charge in [0.2, 0.25) is 9.84 Å². The Balaban J connectivity index is 2.07. The molecule has 2 heterocycles. The Morgan fingerprint density at radius 3 is 1.57 bits per heavy atom. The summed E-state index contributed by atoms with van der Waals surface area (Å²) >= 11 is 0. The van der Waals surface area contributed by atoms with E-state index in [-0.39, 0.29) is 9.79 Å². The monoisotopic (exact) mass is 320 g/mol. The van der Waals surface area contributed by atoms with Crippen molar-refractivity contribution < 1.29 is 8.42 Å². The normalized spacial score (nSPS) is 11.8. The van der Waals surface area contributed by atoms with Crippen LogP contribution < -0.4 is 0 Å². The fourth-order valence-electron chi connectivity index (χ4n) is 2.74. The molecule has 0 amide bonds. The van der Waals surface area contributed by atoms with Gasteiger partial charge in [0.15, 0.2) is 0 Å². The molecule has 2 aromatic carbocycles. The highest BCUT2D eigenvalue weighted by molar-refractivity contribution is 7.92. The number of pyridine rings is 2. The zero-order valence-electron chi connectivity index (χ0n) is 12.0. The number of benzene rings is 2. The first-order chi connectivity index (χ1) is 11.2. The fourth-order valence-corrected chi connectivity index (χ4v) is 4.41. The maximum Gasteiger partial charge on any atom is 0.207 e. The summed E-state index contributed by atoms with van der Waals surface area (Å²) in [4.78, 5) is 9.00. The van der Waals surface area contributed by atoms with E-state index in [0.717, 1.165) is 0 Å². The van der Waals surface area contributed by atoms with Gasteiger partial charge in [-0.1, -0.05) is 12.1 Å². The molecule has 23 heavy (non-hydrogen) atoms. The highest BCUT2D eigenvalue weighted by atomic mass is 32.2. The van der Waals surface area contributed by atoms with Gasteiger partial charge in [-0.2, -0.15) is 0 Å². The third kappa shape index (κ3) is 2.17. The van der Waals surface area contributed by atoms with Gasteiger partial charge in [0.1, 0.15) is 0 Å². The maximum atomic E-state index is 13.2. The van der Waals surface area contributed by atoms with Crippen LogP contribution in [0.5, 0.6) is 0 Å². The molecule has 5 heteroatoms. The van der Waals surface area contributed by atoms with Gasteiger partial charge in [0.05, 0.1) is 20.8 Å². The van der Waals surface area contributed by atoms with Crippen LogP contribution >= 0.6 is 0 Å². The van der Waals surface area contributed by atoms with Crippen molar-refractivity contribution in [3.8, 4) is 0 Å². The van der Waals surface area contributed by atoms with Crippen molar-refractivity contribution >= 4 is 31.6 Å². The average molecular weight is 320 g/mol. The zero-order chi connectivity index (χ0) is 15.9. The summed E-state index contributed by atoms with van der Waals surface area (Å²) in [6, 6.07) is 17.3. The topological polar surface area (TPSA) is 59.9 Å². The number of aromatic nitrogens is 2. The van der Waals surface area contributed by atoms with Crippen LogP contribution in [0, 0.1) is 0 Å². The van der Waals surface area contributed by atoms with E-state index in [0.29, 0.717) is 21.8 Å². The maximum absolute atomic E-state index is 13.2. The zero-order valence-corrected chi connectivity index (χ0v) is 12.9. The van der Waals surface area contributed by atoms with Crippen molar-refractivity contribution in [3.63, 3.8) is 0 Å². The van der Waals surface area contributed by atoms with Crippen LogP contribution in [0.4, 0.5) is 0 Å². The van der Waals surface area contributed by atoms with Crippen molar-refractivity contribution in [3.05, 3.63) is 73.1 Å². The number of hydrogen-bond donors (Lipinski definition) is 0. The van der Waals surface area contributed by atoms with Gasteiger partial charge in [-0.05, 0) is 48.5 Å². The predicted octanol–water partition coefficient (Wildman–Crippen LogP) is 3.62. The van der Waals surface area contributed by atoms with Crippen LogP contribution in [-0.4, -0.2) is 18.4 Å². The van der Waals surface area contributed by atoms with Crippen molar-refractivity contribution in [2.75, 3.05) is 0 Å². The van der Waals surface area contributed by atoms with Gasteiger partial charge in [-0.25, -0.2) is 8.42 Å². The summed E-state index contributed by atoms with van der Waals surface area (Å²) in [7, 11) is -3.67. The van der Waals surface area contributed by atoms with Crippen LogP contribution in [0.1, 0.15) is 0 Å². The number of rotatable bonds is 2. The third-order valence-corrected chi connectivity index (χ3v) is 5.66. The Hall–Kier alpha value is -2.79. The van der Waals surface area contributed by atoms with Crippen molar-refractivity contribution in [2.45, 2.75) is 9.79 Å². The van der Waals surface area contributed by atoms with E-state index in [4.69, 9.17) is 0 Å². The molecule has 0 aliphatic carbocycles. The number of nitrogens with zero attached hydrogens (tertiary/aromatic N) is 2. The molecule has 0 unspecified atom stereocenters. The summed E-state index contributed by atoms with van der Waals surface area (Å²) in [5.41, 5.74) is 1.32. The van der Waals surface area contributed by atoms with Gasteiger partial charge in [-0.15, -0.1) is 0 Å². The van der Waals surface area contributed by atoms with Crippen molar-refractivity contribution in [1.82, 2.24) is 9.97 Å². The first-order valence-electron chi connectivity index (χ1n) is 7.10. The van der Waals surface area contributed by atoms with Crippen LogP contribution in [-0.2, 0) is 9.84 Å². The van der Waals surface area contributed by atoms with E-state index in [1.165, 1.54) is 0 Å². The fraction of sp³-hybridized carbons (Fsp3) is 0. The van der Waals surface area contributed by atoms with Crippen molar-refractivity contribution in [1.29, 1.82) is 0 Å². The number of hydrogen-bond acceptors (Lipinski definition) is 4. The molecule has 0 saturated carbocycles. The Kier molecular flexibility index (Phi) is 3.09. The van der Waals surface area contributed by atoms with Crippen molar-refractivity contribution in [2.24, 2.45) is 0 Å². The second-order valence-electron chi connectivity index (χ2n) is 5.16. The molecule has 112 valence electrons. The predicted molar refractivity (Wildman–Crippen MR) is 88.9 cm³/mol. The van der Waals surface area contributed by atoms with E-state index in [2.05, 4.69) is 9.97 Å². The van der Waals surface area contributed by atoms with Gasteiger partial charge in [0, 0.05) is 23.2 Å². The number of sulfone groups is 1. The van der Waals surface area contributed by atoms with E-state index in [1.807, 2.05) is 0 Å². The second kappa shape index (κ2) is 5.14. The molecule has 0 bridgehead atoms. The Bertz CT molecular complexity index is 1040. The van der Waals surface area contributed by atoms with Crippen LogP contribution in [0.2, 0.25) is 0 Å². The lowest BCUT2D eigenvalue weighted by Gasteiger charge is -2.10. The largest absolute Gasteiger partial charge is 0.256 e. The summed E-state index contributed by atoms with van der Waals surface area (Å²) in [5, 5.41) is 1.24. The second-order valence-corrected chi connectivity index (χ2v) is 7.04. The first kappa shape index (κ1) is 13.8. The molecule has 0 spiro atoms. The first-order valence-corrected chi connectivity index (χ1v) is 8.59. The molecule has 0 saturated heterocycles. The lowest BCUT2D eigenvalue weighted by Crippen LogP contribution is -2.04. The number of fused-ring (bicyclic) bond motifs is 2. The highest BCUT2D eigenvalue weighted by Gasteiger charge is 2.22. The smallest absolute Gasteiger partial charge is 0.207 e. The van der Waals surface area contributed by atoms with Crippen LogP contribution in [0.25, 0.3) is 21.8 Å². The molecule has 0 aliphatic heterocycles. The molecule has 4 rings (SSSR count). The van der Waals surface area contributed by atoms with Gasteiger partial charge >= 0.3 is 0 Å². The third-order valence-electron chi connectivity index (χ3n) is 3.79. The molecule has 0 radical (unpaired) electrons. The van der Waals surface area contributed by atoms with Gasteiger partial charge < -0.3 is 0 Å². The molecule has 2 aromatic heterocycles. The van der Waals surface area contributed by atoms with E-state index in [1.54, 1.807) is 73.1 Å². The molecule has 0 fully saturated rings. The lowest BCUT2D eigenvalue weighted by atomic mass is 10.2. The molecule has 0 N–H and O–H groups in total. The summed E-state index contributed by atoms with van der Waals surface area (Å²) in [6.45, 7) is 0. The standard InChI is InChI=1S/C18H12N2O2S/c21-23(22,17-9-1-7-15-13(17)5-3-11-19-15)18-10-2-8-16-14(18)6-4-12-20-16/h1-12H. The van der Waals surface area contributed by atoms with E-state index >= 15 is 0 Å². The summed E-state index contributed by atoms with van der Waals surface area (Å²) in [5.74, 6) is 0. The average Bonchev–Trinajstić information content (AvgIpc) is 2.60.